The van der Waals surface area contributed by atoms with Crippen molar-refractivity contribution in [1.29, 1.82) is 0 Å². The van der Waals surface area contributed by atoms with E-state index in [2.05, 4.69) is 4.98 Å². The summed E-state index contributed by atoms with van der Waals surface area (Å²) in [5, 5.41) is 0.410. The van der Waals surface area contributed by atoms with Crippen LogP contribution in [0.25, 0.3) is 22.2 Å². The summed E-state index contributed by atoms with van der Waals surface area (Å²) in [5.74, 6) is 0. The molecule has 3 rings (SSSR count). The normalized spacial score (nSPS) is 11.8. The van der Waals surface area contributed by atoms with E-state index in [0.29, 0.717) is 10.5 Å². The van der Waals surface area contributed by atoms with Crippen LogP contribution in [0.3, 0.4) is 0 Å². The first-order valence-electron chi connectivity index (χ1n) is 6.36. The van der Waals surface area contributed by atoms with E-state index < -0.39 is 17.2 Å². The summed E-state index contributed by atoms with van der Waals surface area (Å²) < 4.78 is 40.1. The van der Waals surface area contributed by atoms with E-state index in [-0.39, 0.29) is 16.6 Å². The SMILES string of the molecule is O=c1c(C(F)(F)F)c(-c2ccc(Cl)cc2)[nH]c2ccccc12. The van der Waals surface area contributed by atoms with Crippen molar-refractivity contribution in [1.82, 2.24) is 4.98 Å². The van der Waals surface area contributed by atoms with Crippen LogP contribution in [0.1, 0.15) is 5.56 Å². The fourth-order valence-corrected chi connectivity index (χ4v) is 2.47. The Bertz CT molecular complexity index is 898. The van der Waals surface area contributed by atoms with Gasteiger partial charge in [-0.05, 0) is 29.8 Å². The predicted octanol–water partition coefficient (Wildman–Crippen LogP) is 4.87. The Kier molecular flexibility index (Phi) is 3.45. The molecule has 0 unspecified atom stereocenters. The van der Waals surface area contributed by atoms with Crippen LogP contribution in [0, 0.1) is 0 Å². The molecule has 112 valence electrons. The highest BCUT2D eigenvalue weighted by atomic mass is 35.5. The molecule has 0 aliphatic rings. The van der Waals surface area contributed by atoms with E-state index >= 15 is 0 Å². The first-order chi connectivity index (χ1) is 10.4. The highest BCUT2D eigenvalue weighted by Gasteiger charge is 2.38. The molecule has 0 bridgehead atoms. The molecule has 6 heteroatoms. The number of halogens is 4. The molecule has 0 aliphatic carbocycles. The van der Waals surface area contributed by atoms with Gasteiger partial charge >= 0.3 is 6.18 Å². The molecule has 2 nitrogen and oxygen atoms in total. The zero-order valence-electron chi connectivity index (χ0n) is 11.0. The Morgan fingerprint density at radius 1 is 0.955 bits per heavy atom. The molecule has 0 spiro atoms. The molecule has 0 atom stereocenters. The van der Waals surface area contributed by atoms with Gasteiger partial charge in [-0.25, -0.2) is 0 Å². The molecule has 22 heavy (non-hydrogen) atoms. The second kappa shape index (κ2) is 5.18. The summed E-state index contributed by atoms with van der Waals surface area (Å²) in [5.41, 5.74) is -1.89. The average molecular weight is 324 g/mol. The van der Waals surface area contributed by atoms with E-state index in [1.165, 1.54) is 36.4 Å². The number of aromatic amines is 1. The largest absolute Gasteiger partial charge is 0.422 e. The van der Waals surface area contributed by atoms with Crippen LogP contribution in [0.4, 0.5) is 13.2 Å². The van der Waals surface area contributed by atoms with E-state index in [1.807, 2.05) is 0 Å². The van der Waals surface area contributed by atoms with Gasteiger partial charge in [-0.1, -0.05) is 35.9 Å². The number of aromatic nitrogens is 1. The van der Waals surface area contributed by atoms with Gasteiger partial charge in [-0.2, -0.15) is 13.2 Å². The van der Waals surface area contributed by atoms with E-state index in [4.69, 9.17) is 11.6 Å². The van der Waals surface area contributed by atoms with E-state index in [9.17, 15) is 18.0 Å². The maximum atomic E-state index is 13.4. The number of pyridine rings is 1. The molecule has 1 aromatic heterocycles. The van der Waals surface area contributed by atoms with Gasteiger partial charge < -0.3 is 4.98 Å². The molecule has 0 amide bonds. The van der Waals surface area contributed by atoms with Crippen molar-refractivity contribution in [2.45, 2.75) is 6.18 Å². The third kappa shape index (κ3) is 2.48. The first kappa shape index (κ1) is 14.7. The van der Waals surface area contributed by atoms with Gasteiger partial charge in [-0.15, -0.1) is 0 Å². The number of para-hydroxylation sites is 1. The molecule has 0 saturated carbocycles. The minimum atomic E-state index is -4.76. The molecule has 2 aromatic carbocycles. The van der Waals surface area contributed by atoms with Crippen LogP contribution < -0.4 is 5.43 Å². The van der Waals surface area contributed by atoms with Crippen molar-refractivity contribution in [3.8, 4) is 11.3 Å². The zero-order valence-corrected chi connectivity index (χ0v) is 11.8. The number of rotatable bonds is 1. The van der Waals surface area contributed by atoms with Crippen LogP contribution in [0.15, 0.2) is 53.3 Å². The minimum Gasteiger partial charge on any atom is -0.354 e. The number of hydrogen-bond acceptors (Lipinski definition) is 1. The molecule has 0 radical (unpaired) electrons. The third-order valence-electron chi connectivity index (χ3n) is 3.32. The average Bonchev–Trinajstić information content (AvgIpc) is 2.46. The van der Waals surface area contributed by atoms with Crippen molar-refractivity contribution >= 4 is 22.5 Å². The van der Waals surface area contributed by atoms with Gasteiger partial charge in [0, 0.05) is 15.9 Å². The number of benzene rings is 2. The molecular weight excluding hydrogens is 315 g/mol. The van der Waals surface area contributed by atoms with Crippen LogP contribution >= 0.6 is 11.6 Å². The summed E-state index contributed by atoms with van der Waals surface area (Å²) in [6.45, 7) is 0. The van der Waals surface area contributed by atoms with E-state index in [1.54, 1.807) is 12.1 Å². The van der Waals surface area contributed by atoms with Gasteiger partial charge in [-0.3, -0.25) is 4.79 Å². The van der Waals surface area contributed by atoms with Gasteiger partial charge in [0.25, 0.3) is 0 Å². The fourth-order valence-electron chi connectivity index (χ4n) is 2.34. The number of fused-ring (bicyclic) bond motifs is 1. The summed E-state index contributed by atoms with van der Waals surface area (Å²) in [7, 11) is 0. The van der Waals surface area contributed by atoms with Crippen LogP contribution in [0.5, 0.6) is 0 Å². The molecule has 0 fully saturated rings. The summed E-state index contributed by atoms with van der Waals surface area (Å²) in [4.78, 5) is 15.0. The lowest BCUT2D eigenvalue weighted by molar-refractivity contribution is -0.137. The van der Waals surface area contributed by atoms with Crippen LogP contribution in [-0.4, -0.2) is 4.98 Å². The Balaban J connectivity index is 2.42. The lowest BCUT2D eigenvalue weighted by Gasteiger charge is -2.14. The van der Waals surface area contributed by atoms with Gasteiger partial charge in [0.1, 0.15) is 5.56 Å². The Morgan fingerprint density at radius 3 is 2.23 bits per heavy atom. The summed E-state index contributed by atoms with van der Waals surface area (Å²) in [6, 6.07) is 12.0. The number of H-pyrrole nitrogens is 1. The summed E-state index contributed by atoms with van der Waals surface area (Å²) in [6.07, 6.45) is -4.76. The monoisotopic (exact) mass is 323 g/mol. The molecule has 1 heterocycles. The van der Waals surface area contributed by atoms with Crippen LogP contribution in [-0.2, 0) is 6.18 Å². The molecule has 0 aliphatic heterocycles. The maximum Gasteiger partial charge on any atom is 0.422 e. The predicted molar refractivity (Wildman–Crippen MR) is 80.0 cm³/mol. The lowest BCUT2D eigenvalue weighted by atomic mass is 10.0. The highest BCUT2D eigenvalue weighted by molar-refractivity contribution is 6.30. The van der Waals surface area contributed by atoms with Gasteiger partial charge in [0.15, 0.2) is 0 Å². The molecule has 3 aromatic rings. The second-order valence-corrected chi connectivity index (χ2v) is 5.19. The van der Waals surface area contributed by atoms with Gasteiger partial charge in [0.05, 0.1) is 5.69 Å². The van der Waals surface area contributed by atoms with E-state index in [0.717, 1.165) is 0 Å². The topological polar surface area (TPSA) is 32.9 Å². The summed E-state index contributed by atoms with van der Waals surface area (Å²) >= 11 is 5.76. The third-order valence-corrected chi connectivity index (χ3v) is 3.58. The Labute approximate surface area is 128 Å². The van der Waals surface area contributed by atoms with Crippen molar-refractivity contribution in [2.24, 2.45) is 0 Å². The second-order valence-electron chi connectivity index (χ2n) is 4.75. The molecule has 1 N–H and O–H groups in total. The quantitative estimate of drug-likeness (QED) is 0.681. The van der Waals surface area contributed by atoms with Crippen molar-refractivity contribution in [3.63, 3.8) is 0 Å². The maximum absolute atomic E-state index is 13.4. The number of hydrogen-bond donors (Lipinski definition) is 1. The van der Waals surface area contributed by atoms with Gasteiger partial charge in [0.2, 0.25) is 5.43 Å². The number of alkyl halides is 3. The fraction of sp³-hybridized carbons (Fsp3) is 0.0625. The minimum absolute atomic E-state index is 0.00698. The zero-order chi connectivity index (χ0) is 15.9. The Hall–Kier alpha value is -2.27. The van der Waals surface area contributed by atoms with Crippen molar-refractivity contribution < 1.29 is 13.2 Å². The first-order valence-corrected chi connectivity index (χ1v) is 6.74. The molecule has 0 saturated heterocycles. The smallest absolute Gasteiger partial charge is 0.354 e. The number of nitrogens with one attached hydrogen (secondary N) is 1. The van der Waals surface area contributed by atoms with Crippen molar-refractivity contribution in [2.75, 3.05) is 0 Å². The standard InChI is InChI=1S/C16H9ClF3NO/c17-10-7-5-9(6-8-10)14-13(16(18,19)20)15(22)11-3-1-2-4-12(11)21-14/h1-8H,(H,21,22). The Morgan fingerprint density at radius 2 is 1.59 bits per heavy atom. The highest BCUT2D eigenvalue weighted by Crippen LogP contribution is 2.35. The van der Waals surface area contributed by atoms with Crippen LogP contribution in [0.2, 0.25) is 5.02 Å². The van der Waals surface area contributed by atoms with Crippen molar-refractivity contribution in [3.05, 3.63) is 69.3 Å². The molecular formula is C16H9ClF3NO. The lowest BCUT2D eigenvalue weighted by Crippen LogP contribution is -2.22.